The first-order valence-electron chi connectivity index (χ1n) is 5.67. The maximum absolute atomic E-state index is 11.8. The van der Waals surface area contributed by atoms with Crippen LogP contribution in [0.25, 0.3) is 0 Å². The Morgan fingerprint density at radius 1 is 1.45 bits per heavy atom. The van der Waals surface area contributed by atoms with Crippen LogP contribution in [0.5, 0.6) is 0 Å². The minimum absolute atomic E-state index is 0.00228. The number of hydrogen-bond acceptors (Lipinski definition) is 5. The van der Waals surface area contributed by atoms with Gasteiger partial charge in [-0.3, -0.25) is 4.79 Å². The van der Waals surface area contributed by atoms with Crippen molar-refractivity contribution in [2.45, 2.75) is 17.9 Å². The average molecular weight is 295 g/mol. The lowest BCUT2D eigenvalue weighted by atomic mass is 10.1. The van der Waals surface area contributed by atoms with Gasteiger partial charge in [-0.2, -0.15) is 15.4 Å². The predicted molar refractivity (Wildman–Crippen MR) is 70.1 cm³/mol. The molecular formula is C11H13N5O3S. The maximum atomic E-state index is 11.8. The number of amides is 1. The number of carbonyl (C=O) groups excluding carboxylic acids is 1. The molecule has 0 saturated carbocycles. The standard InChI is InChI=1S/C11H13N5O3S/c1-7(14-11(17)10-6-13-16-15-10)8-3-2-4-9(5-8)20(12,18)19/h2-7H,1H3,(H,14,17)(H2,12,18,19)(H,13,15,16). The molecule has 1 aromatic carbocycles. The molecule has 0 aliphatic rings. The van der Waals surface area contributed by atoms with E-state index in [1.807, 2.05) is 0 Å². The van der Waals surface area contributed by atoms with Gasteiger partial charge in [0.25, 0.3) is 5.91 Å². The fourth-order valence-electron chi connectivity index (χ4n) is 1.63. The van der Waals surface area contributed by atoms with Gasteiger partial charge in [-0.1, -0.05) is 12.1 Å². The molecule has 2 rings (SSSR count). The van der Waals surface area contributed by atoms with Crippen LogP contribution >= 0.6 is 0 Å². The van der Waals surface area contributed by atoms with E-state index in [-0.39, 0.29) is 10.6 Å². The number of sulfonamides is 1. The second kappa shape index (κ2) is 5.39. The average Bonchev–Trinajstić information content (AvgIpc) is 2.91. The van der Waals surface area contributed by atoms with Gasteiger partial charge in [-0.15, -0.1) is 0 Å². The molecule has 1 unspecified atom stereocenters. The van der Waals surface area contributed by atoms with Crippen molar-refractivity contribution in [1.82, 2.24) is 20.7 Å². The van der Waals surface area contributed by atoms with Gasteiger partial charge in [-0.05, 0) is 24.6 Å². The maximum Gasteiger partial charge on any atom is 0.273 e. The van der Waals surface area contributed by atoms with Crippen LogP contribution in [0.4, 0.5) is 0 Å². The van der Waals surface area contributed by atoms with Gasteiger partial charge in [0.15, 0.2) is 5.69 Å². The van der Waals surface area contributed by atoms with Crippen molar-refractivity contribution >= 4 is 15.9 Å². The molecule has 1 heterocycles. The topological polar surface area (TPSA) is 131 Å². The van der Waals surface area contributed by atoms with E-state index in [1.54, 1.807) is 19.1 Å². The van der Waals surface area contributed by atoms with Crippen LogP contribution in [0.2, 0.25) is 0 Å². The largest absolute Gasteiger partial charge is 0.344 e. The molecule has 106 valence electrons. The van der Waals surface area contributed by atoms with Crippen molar-refractivity contribution in [3.63, 3.8) is 0 Å². The van der Waals surface area contributed by atoms with E-state index in [0.29, 0.717) is 5.56 Å². The summed E-state index contributed by atoms with van der Waals surface area (Å²) in [6.45, 7) is 1.72. The van der Waals surface area contributed by atoms with E-state index in [4.69, 9.17) is 5.14 Å². The molecule has 8 nitrogen and oxygen atoms in total. The molecule has 0 radical (unpaired) electrons. The molecule has 2 aromatic rings. The molecular weight excluding hydrogens is 282 g/mol. The third-order valence-corrected chi connectivity index (χ3v) is 3.59. The molecule has 0 fully saturated rings. The van der Waals surface area contributed by atoms with Crippen molar-refractivity contribution in [3.05, 3.63) is 41.7 Å². The minimum atomic E-state index is -3.77. The number of aromatic nitrogens is 3. The van der Waals surface area contributed by atoms with E-state index in [2.05, 4.69) is 20.7 Å². The van der Waals surface area contributed by atoms with Crippen LogP contribution in [0.15, 0.2) is 35.4 Å². The summed E-state index contributed by atoms with van der Waals surface area (Å²) in [5.41, 5.74) is 0.771. The Morgan fingerprint density at radius 3 is 2.80 bits per heavy atom. The number of nitrogens with one attached hydrogen (secondary N) is 2. The smallest absolute Gasteiger partial charge is 0.273 e. The lowest BCUT2D eigenvalue weighted by Gasteiger charge is -2.14. The number of nitrogens with zero attached hydrogens (tertiary/aromatic N) is 2. The van der Waals surface area contributed by atoms with Crippen LogP contribution < -0.4 is 10.5 Å². The molecule has 1 atom stereocenters. The summed E-state index contributed by atoms with van der Waals surface area (Å²) in [5.74, 6) is -0.410. The van der Waals surface area contributed by atoms with Crippen molar-refractivity contribution < 1.29 is 13.2 Å². The second-order valence-electron chi connectivity index (χ2n) is 4.17. The summed E-state index contributed by atoms with van der Waals surface area (Å²) in [4.78, 5) is 11.8. The van der Waals surface area contributed by atoms with Gasteiger partial charge >= 0.3 is 0 Å². The zero-order valence-electron chi connectivity index (χ0n) is 10.6. The second-order valence-corrected chi connectivity index (χ2v) is 5.73. The lowest BCUT2D eigenvalue weighted by Crippen LogP contribution is -2.27. The number of nitrogens with two attached hydrogens (primary N) is 1. The highest BCUT2D eigenvalue weighted by Gasteiger charge is 2.15. The van der Waals surface area contributed by atoms with Crippen molar-refractivity contribution in [2.75, 3.05) is 0 Å². The lowest BCUT2D eigenvalue weighted by molar-refractivity contribution is 0.0934. The molecule has 0 aliphatic heterocycles. The van der Waals surface area contributed by atoms with Crippen LogP contribution in [0.1, 0.15) is 29.0 Å². The van der Waals surface area contributed by atoms with Gasteiger partial charge in [0.05, 0.1) is 17.1 Å². The number of aromatic amines is 1. The Kier molecular flexibility index (Phi) is 3.81. The summed E-state index contributed by atoms with van der Waals surface area (Å²) in [6.07, 6.45) is 1.29. The number of carbonyl (C=O) groups is 1. The van der Waals surface area contributed by atoms with Crippen LogP contribution in [0, 0.1) is 0 Å². The summed E-state index contributed by atoms with van der Waals surface area (Å²) in [7, 11) is -3.77. The Hall–Kier alpha value is -2.26. The fourth-order valence-corrected chi connectivity index (χ4v) is 2.19. The van der Waals surface area contributed by atoms with Gasteiger partial charge < -0.3 is 5.32 Å². The summed E-state index contributed by atoms with van der Waals surface area (Å²) in [6, 6.07) is 5.67. The van der Waals surface area contributed by atoms with Crippen LogP contribution in [-0.4, -0.2) is 29.7 Å². The van der Waals surface area contributed by atoms with Gasteiger partial charge in [0, 0.05) is 0 Å². The van der Waals surface area contributed by atoms with E-state index in [0.717, 1.165) is 0 Å². The summed E-state index contributed by atoms with van der Waals surface area (Å²) in [5, 5.41) is 17.3. The molecule has 20 heavy (non-hydrogen) atoms. The van der Waals surface area contributed by atoms with Crippen LogP contribution in [0.3, 0.4) is 0 Å². The summed E-state index contributed by atoms with van der Waals surface area (Å²) < 4.78 is 22.6. The minimum Gasteiger partial charge on any atom is -0.344 e. The van der Waals surface area contributed by atoms with Gasteiger partial charge in [-0.25, -0.2) is 13.6 Å². The first-order valence-corrected chi connectivity index (χ1v) is 7.22. The predicted octanol–water partition coefficient (Wildman–Crippen LogP) is -0.0569. The molecule has 1 amide bonds. The zero-order valence-corrected chi connectivity index (χ0v) is 11.4. The third kappa shape index (κ3) is 3.19. The van der Waals surface area contributed by atoms with Gasteiger partial charge in [0.1, 0.15) is 0 Å². The summed E-state index contributed by atoms with van der Waals surface area (Å²) >= 11 is 0. The van der Waals surface area contributed by atoms with Crippen molar-refractivity contribution in [2.24, 2.45) is 5.14 Å². The monoisotopic (exact) mass is 295 g/mol. The molecule has 0 aliphatic carbocycles. The van der Waals surface area contributed by atoms with E-state index < -0.39 is 22.0 Å². The SMILES string of the molecule is CC(NC(=O)c1cn[nH]n1)c1cccc(S(N)(=O)=O)c1. The highest BCUT2D eigenvalue weighted by atomic mass is 32.2. The number of hydrogen-bond donors (Lipinski definition) is 3. The first kappa shape index (κ1) is 14.2. The Morgan fingerprint density at radius 2 is 2.20 bits per heavy atom. The van der Waals surface area contributed by atoms with Gasteiger partial charge in [0.2, 0.25) is 10.0 Å². The third-order valence-electron chi connectivity index (χ3n) is 2.68. The Bertz CT molecular complexity index is 711. The van der Waals surface area contributed by atoms with Crippen LogP contribution in [-0.2, 0) is 10.0 Å². The molecule has 9 heteroatoms. The van der Waals surface area contributed by atoms with Crippen molar-refractivity contribution in [1.29, 1.82) is 0 Å². The van der Waals surface area contributed by atoms with E-state index in [1.165, 1.54) is 18.3 Å². The van der Waals surface area contributed by atoms with Crippen molar-refractivity contribution in [3.8, 4) is 0 Å². The van der Waals surface area contributed by atoms with E-state index >= 15 is 0 Å². The number of primary sulfonamides is 1. The fraction of sp³-hybridized carbons (Fsp3) is 0.182. The Balaban J connectivity index is 2.18. The molecule has 0 saturated heterocycles. The molecule has 0 spiro atoms. The highest BCUT2D eigenvalue weighted by Crippen LogP contribution is 2.16. The quantitative estimate of drug-likeness (QED) is 0.727. The van der Waals surface area contributed by atoms with E-state index in [9.17, 15) is 13.2 Å². The number of H-pyrrole nitrogens is 1. The highest BCUT2D eigenvalue weighted by molar-refractivity contribution is 7.89. The number of benzene rings is 1. The molecule has 0 bridgehead atoms. The normalized spacial score (nSPS) is 12.9. The molecule has 1 aromatic heterocycles. The zero-order chi connectivity index (χ0) is 14.8. The first-order chi connectivity index (χ1) is 9.38. The number of rotatable bonds is 4. The Labute approximate surface area is 115 Å². The molecule has 4 N–H and O–H groups in total.